The van der Waals surface area contributed by atoms with Crippen molar-refractivity contribution in [3.63, 3.8) is 0 Å². The van der Waals surface area contributed by atoms with Gasteiger partial charge in [-0.15, -0.1) is 6.58 Å². The molecule has 2 aliphatic carbocycles. The van der Waals surface area contributed by atoms with Gasteiger partial charge in [-0.3, -0.25) is 0 Å². The molecular weight excluding hydrogens is 346 g/mol. The number of rotatable bonds is 7. The SMILES string of the molecule is C=CCCC1(CNC(=O)OCC2c3ccccc3-c3ccccc32)CCCC1. The number of amides is 1. The molecule has 0 unspecified atom stereocenters. The molecule has 1 amide bonds. The molecule has 0 bridgehead atoms. The Morgan fingerprint density at radius 3 is 2.29 bits per heavy atom. The van der Waals surface area contributed by atoms with Crippen LogP contribution in [0.4, 0.5) is 4.79 Å². The van der Waals surface area contributed by atoms with E-state index in [9.17, 15) is 4.79 Å². The van der Waals surface area contributed by atoms with Crippen LogP contribution in [0.3, 0.4) is 0 Å². The van der Waals surface area contributed by atoms with Crippen LogP contribution in [0, 0.1) is 5.41 Å². The molecule has 0 saturated heterocycles. The molecule has 0 radical (unpaired) electrons. The highest BCUT2D eigenvalue weighted by molar-refractivity contribution is 5.79. The van der Waals surface area contributed by atoms with Crippen LogP contribution in [0.25, 0.3) is 11.1 Å². The Bertz CT molecular complexity index is 806. The number of fused-ring (bicyclic) bond motifs is 3. The molecule has 4 rings (SSSR count). The van der Waals surface area contributed by atoms with Crippen molar-refractivity contribution in [2.45, 2.75) is 44.4 Å². The monoisotopic (exact) mass is 375 g/mol. The van der Waals surface area contributed by atoms with E-state index in [2.05, 4.69) is 60.4 Å². The van der Waals surface area contributed by atoms with E-state index in [4.69, 9.17) is 4.74 Å². The van der Waals surface area contributed by atoms with Crippen LogP contribution in [0.15, 0.2) is 61.2 Å². The van der Waals surface area contributed by atoms with Crippen molar-refractivity contribution in [2.24, 2.45) is 5.41 Å². The molecular formula is C25H29NO2. The average molecular weight is 376 g/mol. The highest BCUT2D eigenvalue weighted by Gasteiger charge is 2.34. The third-order valence-electron chi connectivity index (χ3n) is 6.49. The fraction of sp³-hybridized carbons (Fsp3) is 0.400. The second-order valence-corrected chi connectivity index (χ2v) is 8.21. The molecule has 0 aromatic heterocycles. The summed E-state index contributed by atoms with van der Waals surface area (Å²) in [6.07, 6.45) is 8.66. The predicted octanol–water partition coefficient (Wildman–Crippen LogP) is 6.05. The molecule has 1 fully saturated rings. The van der Waals surface area contributed by atoms with Gasteiger partial charge >= 0.3 is 6.09 Å². The molecule has 2 aromatic carbocycles. The summed E-state index contributed by atoms with van der Waals surface area (Å²) in [4.78, 5) is 12.4. The van der Waals surface area contributed by atoms with E-state index < -0.39 is 0 Å². The largest absolute Gasteiger partial charge is 0.449 e. The first-order valence-electron chi connectivity index (χ1n) is 10.4. The number of allylic oxidation sites excluding steroid dienone is 1. The molecule has 0 spiro atoms. The van der Waals surface area contributed by atoms with E-state index in [-0.39, 0.29) is 17.4 Å². The molecule has 0 aliphatic heterocycles. The van der Waals surface area contributed by atoms with E-state index >= 15 is 0 Å². The minimum Gasteiger partial charge on any atom is -0.449 e. The van der Waals surface area contributed by atoms with Crippen LogP contribution in [-0.2, 0) is 4.74 Å². The van der Waals surface area contributed by atoms with Gasteiger partial charge in [0.1, 0.15) is 6.61 Å². The molecule has 1 N–H and O–H groups in total. The number of nitrogens with one attached hydrogen (secondary N) is 1. The first-order valence-corrected chi connectivity index (χ1v) is 10.4. The minimum absolute atomic E-state index is 0.111. The van der Waals surface area contributed by atoms with Crippen molar-refractivity contribution >= 4 is 6.09 Å². The van der Waals surface area contributed by atoms with Crippen LogP contribution < -0.4 is 5.32 Å². The van der Waals surface area contributed by atoms with Crippen LogP contribution >= 0.6 is 0 Å². The van der Waals surface area contributed by atoms with Gasteiger partial charge in [0.15, 0.2) is 0 Å². The number of carbonyl (C=O) groups is 1. The van der Waals surface area contributed by atoms with E-state index in [1.54, 1.807) is 0 Å². The standard InChI is InChI=1S/C25H29NO2/c1-2-3-14-25(15-8-9-16-25)18-26-24(27)28-17-23-21-12-6-4-10-19(21)20-11-5-7-13-22(20)23/h2,4-7,10-13,23H,1,3,8-9,14-18H2,(H,26,27). The van der Waals surface area contributed by atoms with Crippen molar-refractivity contribution < 1.29 is 9.53 Å². The summed E-state index contributed by atoms with van der Waals surface area (Å²) < 4.78 is 5.68. The second kappa shape index (κ2) is 8.22. The molecule has 0 heterocycles. The lowest BCUT2D eigenvalue weighted by Gasteiger charge is -2.28. The fourth-order valence-electron chi connectivity index (χ4n) is 4.96. The molecule has 2 aliphatic rings. The highest BCUT2D eigenvalue weighted by Crippen LogP contribution is 2.44. The summed E-state index contributed by atoms with van der Waals surface area (Å²) in [5, 5.41) is 3.05. The van der Waals surface area contributed by atoms with E-state index in [1.807, 2.05) is 6.08 Å². The Kier molecular flexibility index (Phi) is 5.52. The fourth-order valence-corrected chi connectivity index (χ4v) is 4.96. The van der Waals surface area contributed by atoms with Crippen LogP contribution in [0.1, 0.15) is 55.6 Å². The Hall–Kier alpha value is -2.55. The summed E-state index contributed by atoms with van der Waals surface area (Å²) in [7, 11) is 0. The van der Waals surface area contributed by atoms with Gasteiger partial charge in [0.05, 0.1) is 0 Å². The highest BCUT2D eigenvalue weighted by atomic mass is 16.5. The summed E-state index contributed by atoms with van der Waals surface area (Å²) in [5.41, 5.74) is 5.21. The number of hydrogen-bond acceptors (Lipinski definition) is 2. The molecule has 28 heavy (non-hydrogen) atoms. The molecule has 0 atom stereocenters. The maximum atomic E-state index is 12.4. The zero-order valence-electron chi connectivity index (χ0n) is 16.5. The van der Waals surface area contributed by atoms with E-state index in [1.165, 1.54) is 47.9 Å². The third kappa shape index (κ3) is 3.71. The summed E-state index contributed by atoms with van der Waals surface area (Å²) in [6.45, 7) is 4.93. The number of benzene rings is 2. The Morgan fingerprint density at radius 2 is 1.68 bits per heavy atom. The third-order valence-corrected chi connectivity index (χ3v) is 6.49. The summed E-state index contributed by atoms with van der Waals surface area (Å²) in [5.74, 6) is 0.111. The maximum Gasteiger partial charge on any atom is 0.407 e. The lowest BCUT2D eigenvalue weighted by atomic mass is 9.81. The number of ether oxygens (including phenoxy) is 1. The van der Waals surface area contributed by atoms with Crippen LogP contribution in [0.5, 0.6) is 0 Å². The second-order valence-electron chi connectivity index (χ2n) is 8.21. The molecule has 146 valence electrons. The number of alkyl carbamates (subject to hydrolysis) is 1. The number of hydrogen-bond donors (Lipinski definition) is 1. The summed E-state index contributed by atoms with van der Waals surface area (Å²) >= 11 is 0. The first-order chi connectivity index (χ1) is 13.7. The van der Waals surface area contributed by atoms with Crippen molar-refractivity contribution in [1.82, 2.24) is 5.32 Å². The molecule has 3 heteroatoms. The van der Waals surface area contributed by atoms with Gasteiger partial charge in [-0.25, -0.2) is 4.79 Å². The molecule has 1 saturated carbocycles. The predicted molar refractivity (Wildman–Crippen MR) is 113 cm³/mol. The first kappa shape index (κ1) is 18.8. The van der Waals surface area contributed by atoms with Gasteiger partial charge in [0.2, 0.25) is 0 Å². The Morgan fingerprint density at radius 1 is 1.07 bits per heavy atom. The van der Waals surface area contributed by atoms with E-state index in [0.717, 1.165) is 12.8 Å². The van der Waals surface area contributed by atoms with Gasteiger partial charge in [0.25, 0.3) is 0 Å². The minimum atomic E-state index is -0.299. The van der Waals surface area contributed by atoms with E-state index in [0.29, 0.717) is 13.2 Å². The smallest absolute Gasteiger partial charge is 0.407 e. The van der Waals surface area contributed by atoms with Gasteiger partial charge in [0, 0.05) is 12.5 Å². The van der Waals surface area contributed by atoms with Gasteiger partial charge in [-0.1, -0.05) is 67.4 Å². The quantitative estimate of drug-likeness (QED) is 0.598. The van der Waals surface area contributed by atoms with Gasteiger partial charge < -0.3 is 10.1 Å². The molecule has 3 nitrogen and oxygen atoms in total. The Balaban J connectivity index is 1.38. The van der Waals surface area contributed by atoms with Crippen molar-refractivity contribution in [3.8, 4) is 11.1 Å². The van der Waals surface area contributed by atoms with Crippen molar-refractivity contribution in [2.75, 3.05) is 13.2 Å². The maximum absolute atomic E-state index is 12.4. The van der Waals surface area contributed by atoms with Crippen molar-refractivity contribution in [1.29, 1.82) is 0 Å². The van der Waals surface area contributed by atoms with Gasteiger partial charge in [-0.2, -0.15) is 0 Å². The average Bonchev–Trinajstić information content (AvgIpc) is 3.33. The normalized spacial score (nSPS) is 17.0. The molecule has 2 aromatic rings. The van der Waals surface area contributed by atoms with Gasteiger partial charge in [-0.05, 0) is 53.4 Å². The summed E-state index contributed by atoms with van der Waals surface area (Å²) in [6, 6.07) is 16.8. The van der Waals surface area contributed by atoms with Crippen molar-refractivity contribution in [3.05, 3.63) is 72.3 Å². The number of carbonyl (C=O) groups excluding carboxylic acids is 1. The zero-order chi connectivity index (χ0) is 19.4. The topological polar surface area (TPSA) is 38.3 Å². The van der Waals surface area contributed by atoms with Crippen LogP contribution in [0.2, 0.25) is 0 Å². The zero-order valence-corrected chi connectivity index (χ0v) is 16.5. The lowest BCUT2D eigenvalue weighted by molar-refractivity contribution is 0.135. The van der Waals surface area contributed by atoms with Crippen LogP contribution in [-0.4, -0.2) is 19.2 Å². The lowest BCUT2D eigenvalue weighted by Crippen LogP contribution is -2.36. The Labute approximate surface area is 167 Å².